The Morgan fingerprint density at radius 1 is 1.19 bits per heavy atom. The summed E-state index contributed by atoms with van der Waals surface area (Å²) in [7, 11) is 0. The van der Waals surface area contributed by atoms with Crippen molar-refractivity contribution in [3.63, 3.8) is 0 Å². The van der Waals surface area contributed by atoms with E-state index in [1.165, 1.54) is 0 Å². The predicted octanol–water partition coefficient (Wildman–Crippen LogP) is 2.82. The Morgan fingerprint density at radius 2 is 1.71 bits per heavy atom. The maximum Gasteiger partial charge on any atom is 0.410 e. The number of rotatable bonds is 6. The minimum atomic E-state index is -0.465. The summed E-state index contributed by atoms with van der Waals surface area (Å²) in [5, 5.41) is 0. The van der Waals surface area contributed by atoms with Crippen molar-refractivity contribution in [1.29, 1.82) is 0 Å². The van der Waals surface area contributed by atoms with Gasteiger partial charge in [0.1, 0.15) is 18.2 Å². The average Bonchev–Trinajstić information content (AvgIpc) is 2.38. The molecule has 0 atom stereocenters. The van der Waals surface area contributed by atoms with Crippen molar-refractivity contribution in [2.45, 2.75) is 58.5 Å². The van der Waals surface area contributed by atoms with Crippen LogP contribution < -0.4 is 0 Å². The van der Waals surface area contributed by atoms with E-state index < -0.39 is 5.60 Å². The lowest BCUT2D eigenvalue weighted by atomic mass is 9.85. The molecule has 5 nitrogen and oxygen atoms in total. The molecule has 0 spiro atoms. The zero-order valence-electron chi connectivity index (χ0n) is 13.3. The number of aldehydes is 2. The summed E-state index contributed by atoms with van der Waals surface area (Å²) in [6.07, 6.45) is 5.14. The summed E-state index contributed by atoms with van der Waals surface area (Å²) in [6.45, 7) is 6.96. The van der Waals surface area contributed by atoms with Gasteiger partial charge in [-0.3, -0.25) is 0 Å². The predicted molar refractivity (Wildman–Crippen MR) is 80.0 cm³/mol. The van der Waals surface area contributed by atoms with Gasteiger partial charge in [-0.2, -0.15) is 0 Å². The molecule has 0 unspecified atom stereocenters. The van der Waals surface area contributed by atoms with Gasteiger partial charge in [-0.05, 0) is 51.9 Å². The Morgan fingerprint density at radius 3 is 2.14 bits per heavy atom. The highest BCUT2D eigenvalue weighted by molar-refractivity contribution is 5.68. The molecule has 1 fully saturated rings. The first-order chi connectivity index (χ1) is 9.85. The fraction of sp³-hybridized carbons (Fsp3) is 0.812. The normalized spacial score (nSPS) is 16.9. The monoisotopic (exact) mass is 297 g/mol. The number of likely N-dealkylation sites (tertiary alicyclic amines) is 1. The molecule has 1 heterocycles. The molecule has 0 aliphatic carbocycles. The summed E-state index contributed by atoms with van der Waals surface area (Å²) < 4.78 is 5.36. The summed E-state index contributed by atoms with van der Waals surface area (Å²) in [4.78, 5) is 34.9. The minimum absolute atomic E-state index is 0.151. The van der Waals surface area contributed by atoms with Crippen LogP contribution in [0.2, 0.25) is 0 Å². The van der Waals surface area contributed by atoms with E-state index in [0.717, 1.165) is 31.8 Å². The molecule has 0 aromatic carbocycles. The molecule has 0 saturated carbocycles. The number of carbonyl (C=O) groups is 3. The minimum Gasteiger partial charge on any atom is -0.444 e. The lowest BCUT2D eigenvalue weighted by molar-refractivity contribution is -0.110. The van der Waals surface area contributed by atoms with Crippen LogP contribution >= 0.6 is 0 Å². The smallest absolute Gasteiger partial charge is 0.410 e. The van der Waals surface area contributed by atoms with Gasteiger partial charge in [0.05, 0.1) is 0 Å². The number of amides is 1. The van der Waals surface area contributed by atoms with Crippen LogP contribution in [0.4, 0.5) is 4.79 Å². The second-order valence-electron chi connectivity index (χ2n) is 6.82. The molecule has 1 aliphatic heterocycles. The van der Waals surface area contributed by atoms with E-state index in [-0.39, 0.29) is 12.0 Å². The number of ether oxygens (including phenoxy) is 1. The van der Waals surface area contributed by atoms with Gasteiger partial charge in [0.15, 0.2) is 0 Å². The highest BCUT2D eigenvalue weighted by Gasteiger charge is 2.27. The Kier molecular flexibility index (Phi) is 6.85. The fourth-order valence-corrected chi connectivity index (χ4v) is 2.71. The first kappa shape index (κ1) is 17.7. The highest BCUT2D eigenvalue weighted by Crippen LogP contribution is 2.27. The number of hydrogen-bond donors (Lipinski definition) is 0. The Balaban J connectivity index is 2.39. The van der Waals surface area contributed by atoms with Gasteiger partial charge in [0, 0.05) is 25.9 Å². The third-order valence-electron chi connectivity index (χ3n) is 3.79. The van der Waals surface area contributed by atoms with E-state index in [1.807, 2.05) is 20.8 Å². The van der Waals surface area contributed by atoms with Crippen molar-refractivity contribution in [3.05, 3.63) is 0 Å². The van der Waals surface area contributed by atoms with E-state index in [0.29, 0.717) is 31.8 Å². The molecule has 0 radical (unpaired) electrons. The van der Waals surface area contributed by atoms with E-state index in [2.05, 4.69) is 0 Å². The Hall–Kier alpha value is -1.39. The Labute approximate surface area is 127 Å². The summed E-state index contributed by atoms with van der Waals surface area (Å²) >= 11 is 0. The molecule has 1 aliphatic rings. The number of carbonyl (C=O) groups excluding carboxylic acids is 3. The van der Waals surface area contributed by atoms with E-state index in [1.54, 1.807) is 4.90 Å². The second-order valence-corrected chi connectivity index (χ2v) is 6.82. The molecule has 1 saturated heterocycles. The SMILES string of the molecule is CC(C)(C)OC(=O)N1CCC(CC(CC=O)CC=O)CC1. The van der Waals surface area contributed by atoms with Gasteiger partial charge in [-0.15, -0.1) is 0 Å². The number of hydrogen-bond acceptors (Lipinski definition) is 4. The van der Waals surface area contributed by atoms with Gasteiger partial charge in [-0.25, -0.2) is 4.79 Å². The van der Waals surface area contributed by atoms with Crippen molar-refractivity contribution in [2.75, 3.05) is 13.1 Å². The molecule has 120 valence electrons. The molecule has 0 bridgehead atoms. The van der Waals surface area contributed by atoms with Crippen molar-refractivity contribution in [3.8, 4) is 0 Å². The van der Waals surface area contributed by atoms with Crippen LogP contribution in [0.1, 0.15) is 52.9 Å². The van der Waals surface area contributed by atoms with Crippen LogP contribution in [0.25, 0.3) is 0 Å². The maximum absolute atomic E-state index is 12.0. The largest absolute Gasteiger partial charge is 0.444 e. The molecule has 5 heteroatoms. The van der Waals surface area contributed by atoms with Gasteiger partial charge < -0.3 is 19.2 Å². The summed E-state index contributed by atoms with van der Waals surface area (Å²) in [6, 6.07) is 0. The van der Waals surface area contributed by atoms with Crippen LogP contribution in [-0.2, 0) is 14.3 Å². The van der Waals surface area contributed by atoms with Crippen LogP contribution in [0.15, 0.2) is 0 Å². The molecule has 21 heavy (non-hydrogen) atoms. The Bertz CT molecular complexity index is 344. The van der Waals surface area contributed by atoms with Crippen LogP contribution in [0.5, 0.6) is 0 Å². The molecule has 1 rings (SSSR count). The third kappa shape index (κ3) is 6.74. The fourth-order valence-electron chi connectivity index (χ4n) is 2.71. The summed E-state index contributed by atoms with van der Waals surface area (Å²) in [5.74, 6) is 0.631. The number of piperidine rings is 1. The van der Waals surface area contributed by atoms with Crippen molar-refractivity contribution in [2.24, 2.45) is 11.8 Å². The molecular weight excluding hydrogens is 270 g/mol. The van der Waals surface area contributed by atoms with E-state index >= 15 is 0 Å². The lowest BCUT2D eigenvalue weighted by Gasteiger charge is -2.34. The van der Waals surface area contributed by atoms with Crippen molar-refractivity contribution in [1.82, 2.24) is 4.90 Å². The molecule has 0 aromatic heterocycles. The maximum atomic E-state index is 12.0. The van der Waals surface area contributed by atoms with E-state index in [4.69, 9.17) is 4.74 Å². The van der Waals surface area contributed by atoms with E-state index in [9.17, 15) is 14.4 Å². The van der Waals surface area contributed by atoms with Gasteiger partial charge in [0.2, 0.25) is 0 Å². The molecular formula is C16H27NO4. The van der Waals surface area contributed by atoms with Crippen LogP contribution in [0.3, 0.4) is 0 Å². The molecule has 0 aromatic rings. The molecule has 0 N–H and O–H groups in total. The van der Waals surface area contributed by atoms with Crippen LogP contribution in [0, 0.1) is 11.8 Å². The quantitative estimate of drug-likeness (QED) is 0.707. The average molecular weight is 297 g/mol. The van der Waals surface area contributed by atoms with Crippen LogP contribution in [-0.4, -0.2) is 42.3 Å². The van der Waals surface area contributed by atoms with Crippen molar-refractivity contribution < 1.29 is 19.1 Å². The first-order valence-corrected chi connectivity index (χ1v) is 7.71. The van der Waals surface area contributed by atoms with Gasteiger partial charge >= 0.3 is 6.09 Å². The zero-order chi connectivity index (χ0) is 15.9. The number of nitrogens with zero attached hydrogens (tertiary/aromatic N) is 1. The van der Waals surface area contributed by atoms with Crippen molar-refractivity contribution >= 4 is 18.7 Å². The first-order valence-electron chi connectivity index (χ1n) is 7.71. The van der Waals surface area contributed by atoms with Gasteiger partial charge in [0.25, 0.3) is 0 Å². The topological polar surface area (TPSA) is 63.7 Å². The van der Waals surface area contributed by atoms with Gasteiger partial charge in [-0.1, -0.05) is 0 Å². The summed E-state index contributed by atoms with van der Waals surface area (Å²) in [5.41, 5.74) is -0.465. The highest BCUT2D eigenvalue weighted by atomic mass is 16.6. The standard InChI is InChI=1S/C16H27NO4/c1-16(2,3)21-15(20)17-8-4-13(5-9-17)12-14(6-10-18)7-11-19/h10-11,13-14H,4-9,12H2,1-3H3. The molecule has 1 amide bonds. The lowest BCUT2D eigenvalue weighted by Crippen LogP contribution is -2.42. The zero-order valence-corrected chi connectivity index (χ0v) is 13.3. The third-order valence-corrected chi connectivity index (χ3v) is 3.79. The second kappa shape index (κ2) is 8.15.